The van der Waals surface area contributed by atoms with E-state index in [1.54, 1.807) is 6.07 Å². The highest BCUT2D eigenvalue weighted by Gasteiger charge is 2.32. The number of benzene rings is 2. The highest BCUT2D eigenvalue weighted by Crippen LogP contribution is 2.39. The highest BCUT2D eigenvalue weighted by atomic mass is 35.5. The smallest absolute Gasteiger partial charge is 0.416 e. The van der Waals surface area contributed by atoms with Crippen LogP contribution in [0.4, 0.5) is 18.9 Å². The molecular formula is C22H12Cl3F3N4O5. The standard InChI is InChI=1S/C22H12Cl3F3N4O5/c1-10(20(33)13(9-29)21-30-18(24)8-19(25)31-21)36-17-7-12(3-4-15(17)32(34)35)37-16-5-2-11(6-14(16)23)22(26,27)28/h2-8,10,13H,1H3. The molecule has 2 atom stereocenters. The minimum atomic E-state index is -4.62. The SMILES string of the molecule is CC(Oc1cc(Oc2ccc(C(F)(F)F)cc2Cl)ccc1[N+](=O)[O-])C(=O)C(C#N)c1nc(Cl)cc(Cl)n1. The van der Waals surface area contributed by atoms with Gasteiger partial charge in [-0.3, -0.25) is 14.9 Å². The molecule has 0 saturated heterocycles. The second-order valence-electron chi connectivity index (χ2n) is 7.23. The van der Waals surface area contributed by atoms with Crippen LogP contribution < -0.4 is 9.47 Å². The molecule has 0 spiro atoms. The zero-order valence-corrected chi connectivity index (χ0v) is 20.6. The molecule has 0 aliphatic rings. The van der Waals surface area contributed by atoms with Gasteiger partial charge in [0, 0.05) is 18.2 Å². The van der Waals surface area contributed by atoms with Gasteiger partial charge in [-0.2, -0.15) is 18.4 Å². The van der Waals surface area contributed by atoms with Crippen LogP contribution in [0, 0.1) is 21.4 Å². The van der Waals surface area contributed by atoms with E-state index in [4.69, 9.17) is 44.3 Å². The van der Waals surface area contributed by atoms with Crippen molar-refractivity contribution >= 4 is 46.3 Å². The summed E-state index contributed by atoms with van der Waals surface area (Å²) in [6, 6.07) is 8.51. The minimum Gasteiger partial charge on any atom is -0.476 e. The van der Waals surface area contributed by atoms with Crippen LogP contribution in [0.3, 0.4) is 0 Å². The first-order valence-corrected chi connectivity index (χ1v) is 11.1. The number of alkyl halides is 3. The van der Waals surface area contributed by atoms with E-state index in [9.17, 15) is 33.3 Å². The number of nitrogens with zero attached hydrogens (tertiary/aromatic N) is 4. The fraction of sp³-hybridized carbons (Fsp3) is 0.182. The van der Waals surface area contributed by atoms with E-state index in [2.05, 4.69) is 9.97 Å². The third kappa shape index (κ3) is 6.76. The lowest BCUT2D eigenvalue weighted by Gasteiger charge is -2.17. The average molecular weight is 576 g/mol. The molecule has 0 aliphatic carbocycles. The number of nitriles is 1. The van der Waals surface area contributed by atoms with Gasteiger partial charge in [0.25, 0.3) is 0 Å². The summed E-state index contributed by atoms with van der Waals surface area (Å²) in [5.74, 6) is -3.39. The number of carbonyl (C=O) groups is 1. The van der Waals surface area contributed by atoms with E-state index in [0.717, 1.165) is 30.3 Å². The number of hydrogen-bond donors (Lipinski definition) is 0. The molecule has 0 aliphatic heterocycles. The summed E-state index contributed by atoms with van der Waals surface area (Å²) in [7, 11) is 0. The Morgan fingerprint density at radius 1 is 1.08 bits per heavy atom. The molecule has 0 fully saturated rings. The van der Waals surface area contributed by atoms with Gasteiger partial charge in [-0.25, -0.2) is 9.97 Å². The summed E-state index contributed by atoms with van der Waals surface area (Å²) in [4.78, 5) is 31.2. The van der Waals surface area contributed by atoms with Crippen molar-refractivity contribution < 1.29 is 32.4 Å². The third-order valence-electron chi connectivity index (χ3n) is 4.67. The molecule has 0 N–H and O–H groups in total. The molecule has 9 nitrogen and oxygen atoms in total. The fourth-order valence-electron chi connectivity index (χ4n) is 2.96. The van der Waals surface area contributed by atoms with Crippen molar-refractivity contribution in [1.82, 2.24) is 9.97 Å². The van der Waals surface area contributed by atoms with Gasteiger partial charge in [0.15, 0.2) is 23.6 Å². The number of hydrogen-bond acceptors (Lipinski definition) is 8. The van der Waals surface area contributed by atoms with Gasteiger partial charge in [0.1, 0.15) is 21.8 Å². The largest absolute Gasteiger partial charge is 0.476 e. The van der Waals surface area contributed by atoms with Crippen molar-refractivity contribution in [1.29, 1.82) is 5.26 Å². The van der Waals surface area contributed by atoms with E-state index in [-0.39, 0.29) is 32.7 Å². The van der Waals surface area contributed by atoms with Crippen molar-refractivity contribution in [3.63, 3.8) is 0 Å². The summed E-state index contributed by atoms with van der Waals surface area (Å²) in [6.45, 7) is 1.24. The quantitative estimate of drug-likeness (QED) is 0.163. The first-order chi connectivity index (χ1) is 17.3. The Hall–Kier alpha value is -3.66. The van der Waals surface area contributed by atoms with Gasteiger partial charge >= 0.3 is 11.9 Å². The molecule has 1 heterocycles. The maximum absolute atomic E-state index is 12.9. The lowest BCUT2D eigenvalue weighted by atomic mass is 10.0. The lowest BCUT2D eigenvalue weighted by molar-refractivity contribution is -0.386. The second kappa shape index (κ2) is 11.2. The summed E-state index contributed by atoms with van der Waals surface area (Å²) in [5.41, 5.74) is -1.55. The van der Waals surface area contributed by atoms with Crippen LogP contribution in [0.1, 0.15) is 24.2 Å². The van der Waals surface area contributed by atoms with Crippen LogP contribution in [0.5, 0.6) is 17.2 Å². The zero-order valence-electron chi connectivity index (χ0n) is 18.3. The number of ketones is 1. The second-order valence-corrected chi connectivity index (χ2v) is 8.41. The Labute approximate surface area is 221 Å². The Morgan fingerprint density at radius 3 is 2.27 bits per heavy atom. The predicted octanol–water partition coefficient (Wildman–Crippen LogP) is 6.80. The number of aromatic nitrogens is 2. The Bertz CT molecular complexity index is 1400. The number of nitro groups is 1. The average Bonchev–Trinajstić information content (AvgIpc) is 2.79. The number of halogens is 6. The maximum atomic E-state index is 12.9. The first-order valence-electron chi connectivity index (χ1n) is 9.93. The third-order valence-corrected chi connectivity index (χ3v) is 5.35. The Balaban J connectivity index is 1.88. The molecule has 37 heavy (non-hydrogen) atoms. The molecule has 1 aromatic heterocycles. The lowest BCUT2D eigenvalue weighted by Crippen LogP contribution is -2.30. The van der Waals surface area contributed by atoms with Gasteiger partial charge in [0.2, 0.25) is 5.75 Å². The van der Waals surface area contributed by atoms with Gasteiger partial charge in [-0.1, -0.05) is 34.8 Å². The van der Waals surface area contributed by atoms with Crippen LogP contribution in [-0.4, -0.2) is 26.8 Å². The van der Waals surface area contributed by atoms with Crippen molar-refractivity contribution in [3.8, 4) is 23.3 Å². The van der Waals surface area contributed by atoms with Crippen LogP contribution in [0.15, 0.2) is 42.5 Å². The van der Waals surface area contributed by atoms with Gasteiger partial charge in [-0.05, 0) is 31.2 Å². The summed E-state index contributed by atoms with van der Waals surface area (Å²) >= 11 is 17.5. The molecule has 0 bridgehead atoms. The van der Waals surface area contributed by atoms with Crippen molar-refractivity contribution in [2.75, 3.05) is 0 Å². The summed E-state index contributed by atoms with van der Waals surface area (Å²) in [5, 5.41) is 20.4. The topological polar surface area (TPSA) is 128 Å². The van der Waals surface area contributed by atoms with Crippen LogP contribution in [0.2, 0.25) is 15.3 Å². The van der Waals surface area contributed by atoms with Crippen LogP contribution in [0.25, 0.3) is 0 Å². The zero-order chi connectivity index (χ0) is 27.5. The summed E-state index contributed by atoms with van der Waals surface area (Å²) < 4.78 is 49.6. The molecule has 0 saturated carbocycles. The number of carbonyl (C=O) groups excluding carboxylic acids is 1. The molecule has 0 amide bonds. The maximum Gasteiger partial charge on any atom is 0.416 e. The predicted molar refractivity (Wildman–Crippen MR) is 125 cm³/mol. The highest BCUT2D eigenvalue weighted by molar-refractivity contribution is 6.33. The van der Waals surface area contributed by atoms with E-state index < -0.39 is 45.9 Å². The van der Waals surface area contributed by atoms with Crippen molar-refractivity contribution in [2.45, 2.75) is 25.1 Å². The van der Waals surface area contributed by atoms with Gasteiger partial charge in [-0.15, -0.1) is 0 Å². The van der Waals surface area contributed by atoms with Crippen LogP contribution in [-0.2, 0) is 11.0 Å². The molecule has 0 radical (unpaired) electrons. The molecule has 3 aromatic rings. The molecule has 15 heteroatoms. The van der Waals surface area contributed by atoms with E-state index in [1.165, 1.54) is 13.0 Å². The van der Waals surface area contributed by atoms with Gasteiger partial charge < -0.3 is 9.47 Å². The number of nitro benzene ring substituents is 1. The minimum absolute atomic E-state index is 0.0938. The molecule has 3 rings (SSSR count). The van der Waals surface area contributed by atoms with Crippen LogP contribution >= 0.6 is 34.8 Å². The Kier molecular flexibility index (Phi) is 8.42. The molecule has 2 aromatic carbocycles. The van der Waals surface area contributed by atoms with Gasteiger partial charge in [0.05, 0.1) is 21.6 Å². The summed E-state index contributed by atoms with van der Waals surface area (Å²) in [6.07, 6.45) is -6.04. The monoisotopic (exact) mass is 574 g/mol. The number of rotatable bonds is 8. The first kappa shape index (κ1) is 27.9. The van der Waals surface area contributed by atoms with E-state index in [1.807, 2.05) is 0 Å². The molecule has 2 unspecified atom stereocenters. The molecule has 192 valence electrons. The Morgan fingerprint density at radius 2 is 1.73 bits per heavy atom. The van der Waals surface area contributed by atoms with Crippen molar-refractivity contribution in [2.24, 2.45) is 0 Å². The van der Waals surface area contributed by atoms with E-state index >= 15 is 0 Å². The number of ether oxygens (including phenoxy) is 2. The number of Topliss-reactive ketones (excluding diaryl/α,β-unsaturated/α-hetero) is 1. The molecular weight excluding hydrogens is 564 g/mol. The van der Waals surface area contributed by atoms with E-state index in [0.29, 0.717) is 6.07 Å². The van der Waals surface area contributed by atoms with Crippen molar-refractivity contribution in [3.05, 3.63) is 79.3 Å². The normalized spacial score (nSPS) is 12.8. The fourth-order valence-corrected chi connectivity index (χ4v) is 3.61.